The van der Waals surface area contributed by atoms with Crippen molar-refractivity contribution in [2.45, 2.75) is 25.4 Å². The van der Waals surface area contributed by atoms with Crippen LogP contribution in [0.25, 0.3) is 0 Å². The first-order valence-electron chi connectivity index (χ1n) is 6.98. The van der Waals surface area contributed by atoms with Gasteiger partial charge in [0.25, 0.3) is 0 Å². The van der Waals surface area contributed by atoms with E-state index in [2.05, 4.69) is 10.6 Å². The lowest BCUT2D eigenvalue weighted by Crippen LogP contribution is -2.36. The molecule has 1 aliphatic rings. The van der Waals surface area contributed by atoms with Gasteiger partial charge in [-0.2, -0.15) is 0 Å². The summed E-state index contributed by atoms with van der Waals surface area (Å²) in [7, 11) is 1.64. The fraction of sp³-hybridized carbons (Fsp3) is 0.923. The van der Waals surface area contributed by atoms with Crippen molar-refractivity contribution in [3.05, 3.63) is 0 Å². The molecule has 1 rings (SSSR count). The fourth-order valence-electron chi connectivity index (χ4n) is 1.85. The summed E-state index contributed by atoms with van der Waals surface area (Å²) in [4.78, 5) is 11.5. The number of hydrogen-bond donors (Lipinski definition) is 2. The maximum Gasteiger partial charge on any atom is 0.246 e. The first-order valence-corrected chi connectivity index (χ1v) is 6.98. The molecule has 0 saturated carbocycles. The van der Waals surface area contributed by atoms with Crippen LogP contribution in [0.1, 0.15) is 19.3 Å². The Bertz CT molecular complexity index is 233. The van der Waals surface area contributed by atoms with Gasteiger partial charge in [-0.15, -0.1) is 0 Å². The van der Waals surface area contributed by atoms with E-state index in [-0.39, 0.29) is 18.6 Å². The minimum atomic E-state index is -0.0459. The summed E-state index contributed by atoms with van der Waals surface area (Å²) >= 11 is 0. The number of methoxy groups -OCH3 is 1. The lowest BCUT2D eigenvalue weighted by Gasteiger charge is -2.22. The molecule has 0 aromatic carbocycles. The monoisotopic (exact) mass is 274 g/mol. The van der Waals surface area contributed by atoms with Gasteiger partial charge < -0.3 is 24.8 Å². The molecule has 1 amide bonds. The van der Waals surface area contributed by atoms with Gasteiger partial charge in [0.2, 0.25) is 5.91 Å². The number of nitrogens with one attached hydrogen (secondary N) is 2. The van der Waals surface area contributed by atoms with Gasteiger partial charge in [-0.25, -0.2) is 0 Å². The number of piperidine rings is 1. The highest BCUT2D eigenvalue weighted by molar-refractivity contribution is 5.77. The normalized spacial score (nSPS) is 16.5. The molecule has 0 aliphatic carbocycles. The Morgan fingerprint density at radius 2 is 2.05 bits per heavy atom. The fourth-order valence-corrected chi connectivity index (χ4v) is 1.85. The van der Waals surface area contributed by atoms with E-state index in [0.29, 0.717) is 26.4 Å². The zero-order chi connectivity index (χ0) is 13.8. The van der Waals surface area contributed by atoms with E-state index in [0.717, 1.165) is 32.4 Å². The van der Waals surface area contributed by atoms with Crippen LogP contribution >= 0.6 is 0 Å². The highest BCUT2D eigenvalue weighted by Crippen LogP contribution is 2.06. The Labute approximate surface area is 115 Å². The predicted molar refractivity (Wildman–Crippen MR) is 72.2 cm³/mol. The Balaban J connectivity index is 1.87. The first-order chi connectivity index (χ1) is 9.33. The summed E-state index contributed by atoms with van der Waals surface area (Å²) in [5.41, 5.74) is 0. The smallest absolute Gasteiger partial charge is 0.246 e. The van der Waals surface area contributed by atoms with E-state index in [4.69, 9.17) is 14.2 Å². The van der Waals surface area contributed by atoms with Crippen LogP contribution in [0.2, 0.25) is 0 Å². The van der Waals surface area contributed by atoms with Crippen molar-refractivity contribution in [3.8, 4) is 0 Å². The summed E-state index contributed by atoms with van der Waals surface area (Å²) < 4.78 is 15.7. The van der Waals surface area contributed by atoms with Crippen molar-refractivity contribution in [2.75, 3.05) is 53.2 Å². The molecule has 19 heavy (non-hydrogen) atoms. The van der Waals surface area contributed by atoms with Gasteiger partial charge in [0.1, 0.15) is 6.61 Å². The van der Waals surface area contributed by atoms with Crippen LogP contribution in [-0.2, 0) is 19.0 Å². The Kier molecular flexibility index (Phi) is 9.61. The molecule has 0 spiro atoms. The summed E-state index contributed by atoms with van der Waals surface area (Å²) in [6.07, 6.45) is 3.01. The van der Waals surface area contributed by atoms with Crippen molar-refractivity contribution in [3.63, 3.8) is 0 Å². The predicted octanol–water partition coefficient (Wildman–Crippen LogP) is -0.0757. The molecular weight excluding hydrogens is 248 g/mol. The SMILES string of the molecule is COCCOCCCNC(=O)COC1CCNCC1. The van der Waals surface area contributed by atoms with E-state index < -0.39 is 0 Å². The van der Waals surface area contributed by atoms with E-state index in [9.17, 15) is 4.79 Å². The maximum atomic E-state index is 11.5. The lowest BCUT2D eigenvalue weighted by molar-refractivity contribution is -0.128. The highest BCUT2D eigenvalue weighted by Gasteiger charge is 2.14. The third-order valence-corrected chi connectivity index (χ3v) is 2.96. The minimum Gasteiger partial charge on any atom is -0.382 e. The van der Waals surface area contributed by atoms with E-state index in [1.165, 1.54) is 0 Å². The van der Waals surface area contributed by atoms with Gasteiger partial charge in [-0.1, -0.05) is 0 Å². The van der Waals surface area contributed by atoms with Gasteiger partial charge in [0.05, 0.1) is 19.3 Å². The average Bonchev–Trinajstić information content (AvgIpc) is 2.45. The van der Waals surface area contributed by atoms with Crippen LogP contribution in [0.3, 0.4) is 0 Å². The van der Waals surface area contributed by atoms with Crippen LogP contribution in [-0.4, -0.2) is 65.2 Å². The molecule has 1 heterocycles. The van der Waals surface area contributed by atoms with Gasteiger partial charge in [0.15, 0.2) is 0 Å². The first kappa shape index (κ1) is 16.4. The second-order valence-corrected chi connectivity index (χ2v) is 4.57. The number of carbonyl (C=O) groups excluding carboxylic acids is 1. The van der Waals surface area contributed by atoms with E-state index in [1.807, 2.05) is 0 Å². The number of ether oxygens (including phenoxy) is 3. The third-order valence-electron chi connectivity index (χ3n) is 2.96. The maximum absolute atomic E-state index is 11.5. The second-order valence-electron chi connectivity index (χ2n) is 4.57. The Morgan fingerprint density at radius 3 is 2.79 bits per heavy atom. The molecule has 0 unspecified atom stereocenters. The molecule has 1 aliphatic heterocycles. The van der Waals surface area contributed by atoms with Crippen molar-refractivity contribution in [2.24, 2.45) is 0 Å². The van der Waals surface area contributed by atoms with Crippen LogP contribution in [0.4, 0.5) is 0 Å². The van der Waals surface area contributed by atoms with Gasteiger partial charge in [0, 0.05) is 20.3 Å². The van der Waals surface area contributed by atoms with Gasteiger partial charge in [-0.05, 0) is 32.4 Å². The van der Waals surface area contributed by atoms with Crippen molar-refractivity contribution in [1.82, 2.24) is 10.6 Å². The third kappa shape index (κ3) is 8.93. The molecule has 2 N–H and O–H groups in total. The Morgan fingerprint density at radius 1 is 1.26 bits per heavy atom. The summed E-state index contributed by atoms with van der Waals surface area (Å²) in [6.45, 7) is 4.59. The van der Waals surface area contributed by atoms with E-state index >= 15 is 0 Å². The molecule has 6 heteroatoms. The summed E-state index contributed by atoms with van der Waals surface area (Å²) in [5, 5.41) is 6.08. The molecule has 0 atom stereocenters. The van der Waals surface area contributed by atoms with Crippen LogP contribution < -0.4 is 10.6 Å². The Hall–Kier alpha value is -0.690. The number of amides is 1. The molecule has 112 valence electrons. The average molecular weight is 274 g/mol. The summed E-state index contributed by atoms with van der Waals surface area (Å²) in [6, 6.07) is 0. The number of carbonyl (C=O) groups is 1. The van der Waals surface area contributed by atoms with Crippen LogP contribution in [0.15, 0.2) is 0 Å². The van der Waals surface area contributed by atoms with E-state index in [1.54, 1.807) is 7.11 Å². The van der Waals surface area contributed by atoms with Crippen molar-refractivity contribution in [1.29, 1.82) is 0 Å². The van der Waals surface area contributed by atoms with Gasteiger partial charge >= 0.3 is 0 Å². The molecule has 1 saturated heterocycles. The van der Waals surface area contributed by atoms with Crippen molar-refractivity contribution < 1.29 is 19.0 Å². The molecular formula is C13H26N2O4. The molecule has 0 radical (unpaired) electrons. The van der Waals surface area contributed by atoms with Crippen LogP contribution in [0, 0.1) is 0 Å². The zero-order valence-corrected chi connectivity index (χ0v) is 11.8. The number of hydrogen-bond acceptors (Lipinski definition) is 5. The van der Waals surface area contributed by atoms with Gasteiger partial charge in [-0.3, -0.25) is 4.79 Å². The molecule has 1 fully saturated rings. The zero-order valence-electron chi connectivity index (χ0n) is 11.8. The van der Waals surface area contributed by atoms with Crippen LogP contribution in [0.5, 0.6) is 0 Å². The quantitative estimate of drug-likeness (QED) is 0.546. The molecule has 0 aromatic heterocycles. The molecule has 6 nitrogen and oxygen atoms in total. The second kappa shape index (κ2) is 11.2. The molecule has 0 aromatic rings. The minimum absolute atomic E-state index is 0.0459. The highest BCUT2D eigenvalue weighted by atomic mass is 16.5. The lowest BCUT2D eigenvalue weighted by atomic mass is 10.1. The van der Waals surface area contributed by atoms with Crippen molar-refractivity contribution >= 4 is 5.91 Å². The largest absolute Gasteiger partial charge is 0.382 e. The summed E-state index contributed by atoms with van der Waals surface area (Å²) in [5.74, 6) is -0.0459. The topological polar surface area (TPSA) is 68.8 Å². The number of rotatable bonds is 10. The standard InChI is InChI=1S/C13H26N2O4/c1-17-9-10-18-8-2-5-15-13(16)11-19-12-3-6-14-7-4-12/h12,14H,2-11H2,1H3,(H,15,16). The molecule has 0 bridgehead atoms.